The number of fused-ring (bicyclic) bond motifs is 1. The normalized spacial score (nSPS) is 14.3. The number of pyridine rings is 1. The van der Waals surface area contributed by atoms with Crippen LogP contribution in [-0.2, 0) is 30.9 Å². The van der Waals surface area contributed by atoms with Gasteiger partial charge in [-0.15, -0.1) is 0 Å². The summed E-state index contributed by atoms with van der Waals surface area (Å²) in [7, 11) is 0.360. The van der Waals surface area contributed by atoms with Gasteiger partial charge in [0.05, 0.1) is 47.7 Å². The minimum atomic E-state index is -3.47. The number of sulfone groups is 1. The van der Waals surface area contributed by atoms with Crippen LogP contribution >= 0.6 is 0 Å². The van der Waals surface area contributed by atoms with E-state index in [1.165, 1.54) is 12.3 Å². The van der Waals surface area contributed by atoms with Gasteiger partial charge in [-0.1, -0.05) is 30.3 Å². The third-order valence-electron chi connectivity index (χ3n) is 6.57. The Morgan fingerprint density at radius 1 is 1.07 bits per heavy atom. The van der Waals surface area contributed by atoms with E-state index in [2.05, 4.69) is 30.2 Å². The van der Waals surface area contributed by atoms with Crippen LogP contribution in [0.15, 0.2) is 67.1 Å². The van der Waals surface area contributed by atoms with Crippen molar-refractivity contribution in [2.45, 2.75) is 11.5 Å². The highest BCUT2D eigenvalue weighted by atomic mass is 32.2. The predicted molar refractivity (Wildman–Crippen MR) is 159 cm³/mol. The highest BCUT2D eigenvalue weighted by Gasteiger charge is 2.18. The first kappa shape index (κ1) is 28.4. The predicted octanol–water partition coefficient (Wildman–Crippen LogP) is 3.03. The summed E-state index contributed by atoms with van der Waals surface area (Å²) in [5, 5.41) is 3.66. The summed E-state index contributed by atoms with van der Waals surface area (Å²) in [6, 6.07) is 12.7. The average molecular weight is 576 g/mol. The van der Waals surface area contributed by atoms with Gasteiger partial charge in [-0.05, 0) is 43.4 Å². The van der Waals surface area contributed by atoms with Crippen molar-refractivity contribution in [3.8, 4) is 11.3 Å². The molecule has 214 valence electrons. The first-order valence-corrected chi connectivity index (χ1v) is 15.1. The number of amides is 1. The summed E-state index contributed by atoms with van der Waals surface area (Å²) in [6.45, 7) is 3.55. The van der Waals surface area contributed by atoms with Crippen molar-refractivity contribution >= 4 is 38.3 Å². The van der Waals surface area contributed by atoms with Crippen molar-refractivity contribution in [2.24, 2.45) is 0 Å². The van der Waals surface area contributed by atoms with Crippen molar-refractivity contribution < 1.29 is 17.9 Å². The Kier molecular flexibility index (Phi) is 8.72. The van der Waals surface area contributed by atoms with E-state index in [0.717, 1.165) is 41.2 Å². The fourth-order valence-corrected chi connectivity index (χ4v) is 5.98. The number of hydrogen-bond donors (Lipinski definition) is 2. The van der Waals surface area contributed by atoms with Gasteiger partial charge in [-0.2, -0.15) is 0 Å². The molecule has 12 heteroatoms. The van der Waals surface area contributed by atoms with Gasteiger partial charge in [0, 0.05) is 31.4 Å². The number of rotatable bonds is 10. The lowest BCUT2D eigenvalue weighted by atomic mass is 10.1. The SMILES string of the molecule is CN(C)C/C=C/C(=O)Nc1ccc(CS(=O)(=O)Cc2ccc(-c3cc4c(N5CCOCC5)ncnc4[nH]3)cc2)nc1. The molecule has 3 aromatic heterocycles. The van der Waals surface area contributed by atoms with Crippen LogP contribution in [0.4, 0.5) is 11.5 Å². The summed E-state index contributed by atoms with van der Waals surface area (Å²) in [6.07, 6.45) is 6.24. The molecule has 1 amide bonds. The number of carbonyl (C=O) groups is 1. The van der Waals surface area contributed by atoms with Crippen LogP contribution in [0, 0.1) is 0 Å². The maximum absolute atomic E-state index is 12.9. The van der Waals surface area contributed by atoms with Gasteiger partial charge in [-0.25, -0.2) is 18.4 Å². The van der Waals surface area contributed by atoms with Crippen LogP contribution in [-0.4, -0.2) is 86.1 Å². The van der Waals surface area contributed by atoms with E-state index in [9.17, 15) is 13.2 Å². The smallest absolute Gasteiger partial charge is 0.248 e. The Morgan fingerprint density at radius 2 is 1.85 bits per heavy atom. The molecule has 0 bridgehead atoms. The Morgan fingerprint density at radius 3 is 2.56 bits per heavy atom. The van der Waals surface area contributed by atoms with E-state index >= 15 is 0 Å². The van der Waals surface area contributed by atoms with Crippen LogP contribution < -0.4 is 10.2 Å². The second-order valence-corrected chi connectivity index (χ2v) is 12.2. The number of ether oxygens (including phenoxy) is 1. The maximum atomic E-state index is 12.9. The van der Waals surface area contributed by atoms with E-state index in [-0.39, 0.29) is 17.4 Å². The van der Waals surface area contributed by atoms with Crippen molar-refractivity contribution in [1.29, 1.82) is 0 Å². The molecule has 5 rings (SSSR count). The second-order valence-electron chi connectivity index (χ2n) is 10.2. The Hall–Kier alpha value is -4.13. The van der Waals surface area contributed by atoms with Gasteiger partial charge in [-0.3, -0.25) is 9.78 Å². The van der Waals surface area contributed by atoms with Gasteiger partial charge in [0.25, 0.3) is 0 Å². The van der Waals surface area contributed by atoms with E-state index < -0.39 is 9.84 Å². The first-order chi connectivity index (χ1) is 19.8. The molecule has 1 saturated heterocycles. The molecule has 0 radical (unpaired) electrons. The minimum Gasteiger partial charge on any atom is -0.378 e. The molecule has 2 N–H and O–H groups in total. The van der Waals surface area contributed by atoms with Gasteiger partial charge in [0.1, 0.15) is 17.8 Å². The van der Waals surface area contributed by atoms with Crippen LogP contribution in [0.25, 0.3) is 22.3 Å². The number of anilines is 2. The number of hydrogen-bond acceptors (Lipinski definition) is 9. The standard InChI is InChI=1S/C29H33N7O4S/c1-35(2)11-3-4-27(37)33-23-9-10-24(30-17-23)19-41(38,39)18-21-5-7-22(8-6-21)26-16-25-28(34-26)31-20-32-29(25)36-12-14-40-15-13-36/h3-10,16-17,20H,11-15,18-19H2,1-2H3,(H,33,37)(H,31,32,34)/b4-3+. The topological polar surface area (TPSA) is 133 Å². The van der Waals surface area contributed by atoms with Gasteiger partial charge in [0.15, 0.2) is 9.84 Å². The van der Waals surface area contributed by atoms with Gasteiger partial charge < -0.3 is 24.8 Å². The number of benzene rings is 1. The fourth-order valence-electron chi connectivity index (χ4n) is 4.56. The Balaban J connectivity index is 1.21. The van der Waals surface area contributed by atoms with Gasteiger partial charge in [0.2, 0.25) is 5.91 Å². The highest BCUT2D eigenvalue weighted by Crippen LogP contribution is 2.29. The molecule has 0 spiro atoms. The zero-order valence-corrected chi connectivity index (χ0v) is 23.9. The molecule has 4 aromatic rings. The van der Waals surface area contributed by atoms with Crippen LogP contribution in [0.1, 0.15) is 11.3 Å². The Labute approximate surface area is 239 Å². The van der Waals surface area contributed by atoms with Crippen molar-refractivity contribution in [2.75, 3.05) is 57.2 Å². The number of likely N-dealkylation sites (N-methyl/N-ethyl adjacent to an activating group) is 1. The number of carbonyl (C=O) groups excluding carboxylic acids is 1. The molecule has 0 atom stereocenters. The number of morpholine rings is 1. The maximum Gasteiger partial charge on any atom is 0.248 e. The molecule has 11 nitrogen and oxygen atoms in total. The lowest BCUT2D eigenvalue weighted by Crippen LogP contribution is -2.36. The summed E-state index contributed by atoms with van der Waals surface area (Å²) in [5.41, 5.74) is 4.16. The fraction of sp³-hybridized carbons (Fsp3) is 0.310. The van der Waals surface area contributed by atoms with E-state index in [1.54, 1.807) is 24.5 Å². The van der Waals surface area contributed by atoms with Crippen molar-refractivity contribution in [3.63, 3.8) is 0 Å². The molecular formula is C29H33N7O4S. The molecule has 0 aliphatic carbocycles. The summed E-state index contributed by atoms with van der Waals surface area (Å²) < 4.78 is 31.3. The van der Waals surface area contributed by atoms with Crippen LogP contribution in [0.2, 0.25) is 0 Å². The summed E-state index contributed by atoms with van der Waals surface area (Å²) >= 11 is 0. The number of H-pyrrole nitrogens is 1. The third kappa shape index (κ3) is 7.54. The van der Waals surface area contributed by atoms with E-state index in [1.807, 2.05) is 49.3 Å². The zero-order chi connectivity index (χ0) is 28.8. The third-order valence-corrected chi connectivity index (χ3v) is 8.08. The average Bonchev–Trinajstić information content (AvgIpc) is 3.39. The van der Waals surface area contributed by atoms with E-state index in [0.29, 0.717) is 36.7 Å². The summed E-state index contributed by atoms with van der Waals surface area (Å²) in [5.74, 6) is 0.306. The molecule has 1 aliphatic heterocycles. The quantitative estimate of drug-likeness (QED) is 0.274. The van der Waals surface area contributed by atoms with Gasteiger partial charge >= 0.3 is 0 Å². The number of aromatic nitrogens is 4. The first-order valence-electron chi connectivity index (χ1n) is 13.3. The molecular weight excluding hydrogens is 542 g/mol. The molecule has 1 aromatic carbocycles. The number of nitrogens with one attached hydrogen (secondary N) is 2. The monoisotopic (exact) mass is 575 g/mol. The molecule has 41 heavy (non-hydrogen) atoms. The lowest BCUT2D eigenvalue weighted by Gasteiger charge is -2.27. The molecule has 0 saturated carbocycles. The molecule has 1 fully saturated rings. The minimum absolute atomic E-state index is 0.108. The second kappa shape index (κ2) is 12.6. The number of nitrogens with zero attached hydrogens (tertiary/aromatic N) is 5. The van der Waals surface area contributed by atoms with E-state index in [4.69, 9.17) is 4.74 Å². The zero-order valence-electron chi connectivity index (χ0n) is 23.1. The van der Waals surface area contributed by atoms with Crippen molar-refractivity contribution in [1.82, 2.24) is 24.8 Å². The van der Waals surface area contributed by atoms with Crippen molar-refractivity contribution in [3.05, 3.63) is 78.4 Å². The molecule has 4 heterocycles. The van der Waals surface area contributed by atoms with Crippen LogP contribution in [0.5, 0.6) is 0 Å². The highest BCUT2D eigenvalue weighted by molar-refractivity contribution is 7.89. The molecule has 1 aliphatic rings. The lowest BCUT2D eigenvalue weighted by molar-refractivity contribution is -0.111. The molecule has 0 unspecified atom stereocenters. The Bertz CT molecular complexity index is 1630. The largest absolute Gasteiger partial charge is 0.378 e. The summed E-state index contributed by atoms with van der Waals surface area (Å²) in [4.78, 5) is 32.6. The number of aromatic amines is 1. The van der Waals surface area contributed by atoms with Crippen LogP contribution in [0.3, 0.4) is 0 Å².